The van der Waals surface area contributed by atoms with E-state index in [1.54, 1.807) is 23.0 Å². The molecule has 0 aliphatic rings. The summed E-state index contributed by atoms with van der Waals surface area (Å²) in [7, 11) is 0. The number of esters is 1. The van der Waals surface area contributed by atoms with Gasteiger partial charge in [0.2, 0.25) is 0 Å². The summed E-state index contributed by atoms with van der Waals surface area (Å²) in [5.41, 5.74) is 2.43. The number of hydrogen-bond acceptors (Lipinski definition) is 3. The Labute approximate surface area is 149 Å². The molecular weight excluding hydrogens is 347 g/mol. The van der Waals surface area contributed by atoms with E-state index in [-0.39, 0.29) is 19.0 Å². The van der Waals surface area contributed by atoms with Gasteiger partial charge in [0, 0.05) is 6.20 Å². The molecule has 3 rings (SSSR count). The van der Waals surface area contributed by atoms with Gasteiger partial charge in [0.05, 0.1) is 28.4 Å². The number of aromatic nitrogens is 2. The maximum absolute atomic E-state index is 12.0. The average molecular weight is 361 g/mol. The number of carbonyl (C=O) groups is 1. The van der Waals surface area contributed by atoms with Gasteiger partial charge in [-0.3, -0.25) is 4.79 Å². The fourth-order valence-corrected chi connectivity index (χ4v) is 2.66. The van der Waals surface area contributed by atoms with Gasteiger partial charge in [0.25, 0.3) is 0 Å². The molecule has 0 amide bonds. The Morgan fingerprint density at radius 1 is 1.08 bits per heavy atom. The number of carbonyl (C=O) groups excluding carboxylic acids is 1. The first-order valence-electron chi connectivity index (χ1n) is 7.30. The Bertz CT molecular complexity index is 847. The summed E-state index contributed by atoms with van der Waals surface area (Å²) in [4.78, 5) is 12.0. The van der Waals surface area contributed by atoms with E-state index in [9.17, 15) is 4.79 Å². The van der Waals surface area contributed by atoms with Gasteiger partial charge in [-0.2, -0.15) is 5.10 Å². The maximum atomic E-state index is 12.0. The summed E-state index contributed by atoms with van der Waals surface area (Å²) in [6.07, 6.45) is 3.36. The van der Waals surface area contributed by atoms with Crippen molar-refractivity contribution < 1.29 is 9.53 Å². The molecule has 0 aliphatic heterocycles. The van der Waals surface area contributed by atoms with Crippen LogP contribution in [-0.2, 0) is 22.6 Å². The van der Waals surface area contributed by atoms with Crippen LogP contribution in [-0.4, -0.2) is 15.7 Å². The molecule has 0 spiro atoms. The van der Waals surface area contributed by atoms with Crippen molar-refractivity contribution in [1.29, 1.82) is 0 Å². The number of halogens is 2. The lowest BCUT2D eigenvalue weighted by Gasteiger charge is -2.08. The third kappa shape index (κ3) is 4.16. The van der Waals surface area contributed by atoms with Gasteiger partial charge in [-0.1, -0.05) is 59.6 Å². The second kappa shape index (κ2) is 7.51. The molecule has 0 aliphatic carbocycles. The van der Waals surface area contributed by atoms with Crippen LogP contribution in [0.25, 0.3) is 5.69 Å². The Kier molecular flexibility index (Phi) is 5.18. The molecule has 3 aromatic rings. The zero-order valence-corrected chi connectivity index (χ0v) is 14.2. The first-order chi connectivity index (χ1) is 11.6. The normalized spacial score (nSPS) is 10.6. The minimum absolute atomic E-state index is 0.159. The molecular formula is C18H14Cl2N2O2. The van der Waals surface area contributed by atoms with Crippen LogP contribution in [0.4, 0.5) is 0 Å². The Hall–Kier alpha value is -2.30. The molecule has 0 bridgehead atoms. The molecule has 0 N–H and O–H groups in total. The third-order valence-corrected chi connectivity index (χ3v) is 3.90. The van der Waals surface area contributed by atoms with E-state index >= 15 is 0 Å². The molecule has 0 fully saturated rings. The summed E-state index contributed by atoms with van der Waals surface area (Å²) in [6, 6.07) is 14.9. The minimum atomic E-state index is -0.301. The van der Waals surface area contributed by atoms with Crippen LogP contribution in [0.2, 0.25) is 10.0 Å². The van der Waals surface area contributed by atoms with Crippen LogP contribution in [0.5, 0.6) is 0 Å². The fraction of sp³-hybridized carbons (Fsp3) is 0.111. The van der Waals surface area contributed by atoms with Crippen LogP contribution in [0.1, 0.15) is 11.1 Å². The highest BCUT2D eigenvalue weighted by molar-refractivity contribution is 6.32. The first kappa shape index (κ1) is 16.6. The molecule has 0 saturated carbocycles. The van der Waals surface area contributed by atoms with E-state index in [1.165, 1.54) is 6.20 Å². The predicted octanol–water partition coefficient (Wildman–Crippen LogP) is 4.47. The highest BCUT2D eigenvalue weighted by Crippen LogP contribution is 2.23. The van der Waals surface area contributed by atoms with Crippen molar-refractivity contribution >= 4 is 29.2 Å². The van der Waals surface area contributed by atoms with Gasteiger partial charge >= 0.3 is 5.97 Å². The van der Waals surface area contributed by atoms with Crippen LogP contribution in [0.3, 0.4) is 0 Å². The Balaban J connectivity index is 1.63. The lowest BCUT2D eigenvalue weighted by Crippen LogP contribution is -2.08. The largest absolute Gasteiger partial charge is 0.461 e. The molecule has 24 heavy (non-hydrogen) atoms. The van der Waals surface area contributed by atoms with Crippen LogP contribution < -0.4 is 0 Å². The molecule has 2 aromatic carbocycles. The van der Waals surface area contributed by atoms with Crippen molar-refractivity contribution in [2.45, 2.75) is 13.0 Å². The number of ether oxygens (including phenoxy) is 1. The van der Waals surface area contributed by atoms with Crippen molar-refractivity contribution in [3.05, 3.63) is 82.1 Å². The van der Waals surface area contributed by atoms with Crippen molar-refractivity contribution in [2.75, 3.05) is 0 Å². The fourth-order valence-electron chi connectivity index (χ4n) is 2.23. The van der Waals surface area contributed by atoms with Crippen molar-refractivity contribution in [3.63, 3.8) is 0 Å². The number of benzene rings is 2. The predicted molar refractivity (Wildman–Crippen MR) is 93.5 cm³/mol. The topological polar surface area (TPSA) is 44.1 Å². The quantitative estimate of drug-likeness (QED) is 0.630. The molecule has 122 valence electrons. The van der Waals surface area contributed by atoms with E-state index in [2.05, 4.69) is 5.10 Å². The van der Waals surface area contributed by atoms with Gasteiger partial charge in [-0.25, -0.2) is 4.68 Å². The molecule has 0 radical (unpaired) electrons. The number of hydrogen-bond donors (Lipinski definition) is 0. The van der Waals surface area contributed by atoms with E-state index in [0.29, 0.717) is 15.7 Å². The SMILES string of the molecule is O=C(Cc1ccc(-n2cc(Cl)cn2)c(Cl)c1)OCc1ccccc1. The lowest BCUT2D eigenvalue weighted by atomic mass is 10.1. The lowest BCUT2D eigenvalue weighted by molar-refractivity contribution is -0.144. The molecule has 1 heterocycles. The third-order valence-electron chi connectivity index (χ3n) is 3.40. The van der Waals surface area contributed by atoms with Crippen molar-refractivity contribution in [1.82, 2.24) is 9.78 Å². The van der Waals surface area contributed by atoms with Crippen LogP contribution in [0, 0.1) is 0 Å². The molecule has 0 unspecified atom stereocenters. The molecule has 0 atom stereocenters. The summed E-state index contributed by atoms with van der Waals surface area (Å²) in [5.74, 6) is -0.301. The number of nitrogens with zero attached hydrogens (tertiary/aromatic N) is 2. The highest BCUT2D eigenvalue weighted by Gasteiger charge is 2.10. The van der Waals surface area contributed by atoms with Gasteiger partial charge < -0.3 is 4.74 Å². The molecule has 6 heteroatoms. The average Bonchev–Trinajstić information content (AvgIpc) is 3.00. The van der Waals surface area contributed by atoms with Gasteiger partial charge in [0.1, 0.15) is 6.61 Å². The maximum Gasteiger partial charge on any atom is 0.310 e. The molecule has 0 saturated heterocycles. The minimum Gasteiger partial charge on any atom is -0.461 e. The Morgan fingerprint density at radius 2 is 1.88 bits per heavy atom. The van der Waals surface area contributed by atoms with Crippen molar-refractivity contribution in [2.24, 2.45) is 0 Å². The van der Waals surface area contributed by atoms with Crippen LogP contribution in [0.15, 0.2) is 60.9 Å². The highest BCUT2D eigenvalue weighted by atomic mass is 35.5. The smallest absolute Gasteiger partial charge is 0.310 e. The van der Waals surface area contributed by atoms with Gasteiger partial charge in [-0.05, 0) is 23.3 Å². The monoisotopic (exact) mass is 360 g/mol. The first-order valence-corrected chi connectivity index (χ1v) is 8.06. The zero-order valence-electron chi connectivity index (χ0n) is 12.7. The van der Waals surface area contributed by atoms with Crippen LogP contribution >= 0.6 is 23.2 Å². The van der Waals surface area contributed by atoms with Gasteiger partial charge in [-0.15, -0.1) is 0 Å². The van der Waals surface area contributed by atoms with Gasteiger partial charge in [0.15, 0.2) is 0 Å². The zero-order chi connectivity index (χ0) is 16.9. The molecule has 4 nitrogen and oxygen atoms in total. The van der Waals surface area contributed by atoms with Crippen molar-refractivity contribution in [3.8, 4) is 5.69 Å². The summed E-state index contributed by atoms with van der Waals surface area (Å²) < 4.78 is 6.86. The standard InChI is InChI=1S/C18H14Cl2N2O2/c19-15-10-21-22(11-15)17-7-6-14(8-16(17)20)9-18(23)24-12-13-4-2-1-3-5-13/h1-8,10-11H,9,12H2. The van der Waals surface area contributed by atoms with E-state index in [1.807, 2.05) is 36.4 Å². The number of rotatable bonds is 5. The van der Waals surface area contributed by atoms with E-state index in [4.69, 9.17) is 27.9 Å². The Morgan fingerprint density at radius 3 is 2.54 bits per heavy atom. The summed E-state index contributed by atoms with van der Waals surface area (Å²) in [5, 5.41) is 5.13. The summed E-state index contributed by atoms with van der Waals surface area (Å²) >= 11 is 12.1. The van der Waals surface area contributed by atoms with E-state index in [0.717, 1.165) is 11.1 Å². The van der Waals surface area contributed by atoms with E-state index < -0.39 is 0 Å². The second-order valence-corrected chi connectivity index (χ2v) is 6.06. The second-order valence-electron chi connectivity index (χ2n) is 5.21. The molecule has 1 aromatic heterocycles. The summed E-state index contributed by atoms with van der Waals surface area (Å²) in [6.45, 7) is 0.261.